The summed E-state index contributed by atoms with van der Waals surface area (Å²) in [4.78, 5) is 0. The predicted molar refractivity (Wildman–Crippen MR) is 91.7 cm³/mol. The summed E-state index contributed by atoms with van der Waals surface area (Å²) in [6, 6.07) is 8.25. The van der Waals surface area contributed by atoms with Crippen LogP contribution in [0.4, 0.5) is 4.39 Å². The second-order valence-corrected chi connectivity index (χ2v) is 6.90. The topological polar surface area (TPSA) is 27.7 Å². The van der Waals surface area contributed by atoms with E-state index in [0.717, 1.165) is 31.4 Å². The van der Waals surface area contributed by atoms with Gasteiger partial charge in [0.05, 0.1) is 25.9 Å². The van der Waals surface area contributed by atoms with Gasteiger partial charge in [-0.05, 0) is 24.8 Å². The van der Waals surface area contributed by atoms with Gasteiger partial charge < -0.3 is 14.2 Å². The minimum atomic E-state index is -1.34. The molecule has 3 nitrogen and oxygen atoms in total. The summed E-state index contributed by atoms with van der Waals surface area (Å²) < 4.78 is 31.4. The number of hydrogen-bond donors (Lipinski definition) is 0. The molecule has 4 heteroatoms. The average molecular weight is 334 g/mol. The fourth-order valence-corrected chi connectivity index (χ4v) is 3.47. The van der Waals surface area contributed by atoms with E-state index in [9.17, 15) is 4.39 Å². The lowest BCUT2D eigenvalue weighted by molar-refractivity contribution is -0.238. The first-order valence-corrected chi connectivity index (χ1v) is 8.89. The Morgan fingerprint density at radius 3 is 2.33 bits per heavy atom. The number of halogens is 1. The van der Waals surface area contributed by atoms with Gasteiger partial charge in [0, 0.05) is 11.5 Å². The van der Waals surface area contributed by atoms with Crippen LogP contribution in [0.5, 0.6) is 0 Å². The van der Waals surface area contributed by atoms with E-state index in [0.29, 0.717) is 12.3 Å². The molecule has 2 saturated heterocycles. The Hall–Kier alpha value is -1.23. The average Bonchev–Trinajstić information content (AvgIpc) is 2.63. The molecule has 2 atom stereocenters. The van der Waals surface area contributed by atoms with Crippen molar-refractivity contribution in [1.82, 2.24) is 0 Å². The zero-order valence-electron chi connectivity index (χ0n) is 14.4. The molecule has 24 heavy (non-hydrogen) atoms. The third-order valence-electron chi connectivity index (χ3n) is 4.94. The number of rotatable bonds is 5. The van der Waals surface area contributed by atoms with E-state index in [1.54, 1.807) is 0 Å². The maximum Gasteiger partial charge on any atom is 0.184 e. The van der Waals surface area contributed by atoms with Gasteiger partial charge in [0.15, 0.2) is 12.0 Å². The Kier molecular flexibility index (Phi) is 5.69. The lowest BCUT2D eigenvalue weighted by Crippen LogP contribution is -2.41. The van der Waals surface area contributed by atoms with Crippen LogP contribution in [0.25, 0.3) is 0 Å². The molecule has 0 aromatic heterocycles. The van der Waals surface area contributed by atoms with E-state index in [1.165, 1.54) is 5.56 Å². The Balaban J connectivity index is 1.56. The fraction of sp³-hybridized carbons (Fsp3) is 0.600. The van der Waals surface area contributed by atoms with Crippen LogP contribution in [0.15, 0.2) is 36.9 Å². The maximum absolute atomic E-state index is 14.4. The Bertz CT molecular complexity index is 526. The monoisotopic (exact) mass is 334 g/mol. The highest BCUT2D eigenvalue weighted by molar-refractivity contribution is 5.27. The largest absolute Gasteiger partial charge is 0.374 e. The van der Waals surface area contributed by atoms with E-state index in [2.05, 4.69) is 18.7 Å². The van der Waals surface area contributed by atoms with Crippen LogP contribution in [0.1, 0.15) is 55.9 Å². The highest BCUT2D eigenvalue weighted by atomic mass is 19.1. The number of hydrogen-bond acceptors (Lipinski definition) is 3. The van der Waals surface area contributed by atoms with Crippen molar-refractivity contribution in [3.8, 4) is 0 Å². The molecule has 0 spiro atoms. The maximum atomic E-state index is 14.4. The van der Waals surface area contributed by atoms with Gasteiger partial charge in [0.2, 0.25) is 0 Å². The quantitative estimate of drug-likeness (QED) is 0.731. The molecule has 0 amide bonds. The normalized spacial score (nSPS) is 34.0. The molecule has 2 fully saturated rings. The van der Waals surface area contributed by atoms with Crippen molar-refractivity contribution >= 4 is 0 Å². The molecule has 2 aliphatic rings. The standard InChI is InChI=1S/C20H27FO3/c1-3-11-20(21)13-23-19(24-14-20)16-7-5-15(6-8-16)17-9-10-18(4-2)22-12-17/h4-8,17-19H,2-3,9-14H2,1H3. The van der Waals surface area contributed by atoms with Crippen molar-refractivity contribution in [2.24, 2.45) is 0 Å². The second kappa shape index (κ2) is 7.77. The molecule has 2 unspecified atom stereocenters. The molecular weight excluding hydrogens is 307 g/mol. The van der Waals surface area contributed by atoms with E-state index in [-0.39, 0.29) is 19.3 Å². The molecule has 0 radical (unpaired) electrons. The lowest BCUT2D eigenvalue weighted by atomic mass is 9.91. The van der Waals surface area contributed by atoms with Crippen molar-refractivity contribution < 1.29 is 18.6 Å². The summed E-state index contributed by atoms with van der Waals surface area (Å²) in [5, 5.41) is 0. The van der Waals surface area contributed by atoms with E-state index < -0.39 is 12.0 Å². The first kappa shape index (κ1) is 17.6. The molecule has 2 heterocycles. The van der Waals surface area contributed by atoms with Gasteiger partial charge in [-0.15, -0.1) is 6.58 Å². The highest BCUT2D eigenvalue weighted by Gasteiger charge is 2.36. The predicted octanol–water partition coefficient (Wildman–Crippen LogP) is 4.69. The third kappa shape index (κ3) is 4.05. The molecule has 3 rings (SSSR count). The molecule has 1 aromatic carbocycles. The zero-order chi connectivity index (χ0) is 17.0. The third-order valence-corrected chi connectivity index (χ3v) is 4.94. The SMILES string of the molecule is C=CC1CCC(c2ccc(C3OCC(F)(CCC)CO3)cc2)CO1. The van der Waals surface area contributed by atoms with Crippen LogP contribution in [-0.2, 0) is 14.2 Å². The van der Waals surface area contributed by atoms with Crippen molar-refractivity contribution in [2.45, 2.75) is 56.6 Å². The Labute approximate surface area is 143 Å². The first-order chi connectivity index (χ1) is 11.6. The molecule has 0 saturated carbocycles. The minimum Gasteiger partial charge on any atom is -0.374 e. The van der Waals surface area contributed by atoms with Gasteiger partial charge in [-0.25, -0.2) is 4.39 Å². The molecule has 0 N–H and O–H groups in total. The van der Waals surface area contributed by atoms with Gasteiger partial charge in [-0.3, -0.25) is 0 Å². The minimum absolute atomic E-state index is 0.104. The van der Waals surface area contributed by atoms with Gasteiger partial charge in [0.1, 0.15) is 0 Å². The Morgan fingerprint density at radius 1 is 1.12 bits per heavy atom. The van der Waals surface area contributed by atoms with Crippen molar-refractivity contribution in [3.05, 3.63) is 48.0 Å². The highest BCUT2D eigenvalue weighted by Crippen LogP contribution is 2.33. The zero-order valence-corrected chi connectivity index (χ0v) is 14.4. The van der Waals surface area contributed by atoms with Gasteiger partial charge in [0.25, 0.3) is 0 Å². The van der Waals surface area contributed by atoms with E-state index >= 15 is 0 Å². The molecule has 0 bridgehead atoms. The molecular formula is C20H27FO3. The number of benzene rings is 1. The summed E-state index contributed by atoms with van der Waals surface area (Å²) in [6.07, 6.45) is 4.99. The summed E-state index contributed by atoms with van der Waals surface area (Å²) in [5.74, 6) is 0.423. The molecule has 2 aliphatic heterocycles. The molecule has 0 aliphatic carbocycles. The fourth-order valence-electron chi connectivity index (χ4n) is 3.47. The van der Waals surface area contributed by atoms with E-state index in [4.69, 9.17) is 14.2 Å². The first-order valence-electron chi connectivity index (χ1n) is 8.89. The van der Waals surface area contributed by atoms with Crippen LogP contribution >= 0.6 is 0 Å². The van der Waals surface area contributed by atoms with Crippen LogP contribution in [0.3, 0.4) is 0 Å². The number of alkyl halides is 1. The molecule has 1 aromatic rings. The second-order valence-electron chi connectivity index (χ2n) is 6.90. The van der Waals surface area contributed by atoms with Gasteiger partial charge in [-0.1, -0.05) is 43.7 Å². The summed E-state index contributed by atoms with van der Waals surface area (Å²) in [5.41, 5.74) is 0.868. The summed E-state index contributed by atoms with van der Waals surface area (Å²) in [6.45, 7) is 6.70. The smallest absolute Gasteiger partial charge is 0.184 e. The van der Waals surface area contributed by atoms with Gasteiger partial charge in [-0.2, -0.15) is 0 Å². The van der Waals surface area contributed by atoms with Gasteiger partial charge >= 0.3 is 0 Å². The number of ether oxygens (including phenoxy) is 3. The lowest BCUT2D eigenvalue weighted by Gasteiger charge is -2.34. The van der Waals surface area contributed by atoms with E-state index in [1.807, 2.05) is 25.1 Å². The summed E-state index contributed by atoms with van der Waals surface area (Å²) in [7, 11) is 0. The van der Waals surface area contributed by atoms with Crippen molar-refractivity contribution in [2.75, 3.05) is 19.8 Å². The van der Waals surface area contributed by atoms with Crippen molar-refractivity contribution in [3.63, 3.8) is 0 Å². The van der Waals surface area contributed by atoms with Crippen LogP contribution in [0.2, 0.25) is 0 Å². The van der Waals surface area contributed by atoms with Crippen LogP contribution in [-0.4, -0.2) is 31.6 Å². The van der Waals surface area contributed by atoms with Crippen molar-refractivity contribution in [1.29, 1.82) is 0 Å². The van der Waals surface area contributed by atoms with Crippen LogP contribution < -0.4 is 0 Å². The van der Waals surface area contributed by atoms with Crippen LogP contribution in [0, 0.1) is 0 Å². The molecule has 132 valence electrons. The Morgan fingerprint density at radius 2 is 1.79 bits per heavy atom. The summed E-state index contributed by atoms with van der Waals surface area (Å²) >= 11 is 0.